The Morgan fingerprint density at radius 3 is 1.08 bits per heavy atom. The van der Waals surface area contributed by atoms with Crippen molar-refractivity contribution in [2.45, 2.75) is 81.1 Å². The molecule has 0 aromatic rings. The van der Waals surface area contributed by atoms with E-state index in [4.69, 9.17) is 20.0 Å². The average Bonchev–Trinajstić information content (AvgIpc) is 3.51. The van der Waals surface area contributed by atoms with Crippen LogP contribution in [0.5, 0.6) is 0 Å². The lowest BCUT2D eigenvalue weighted by Crippen LogP contribution is -1.98. The zero-order valence-electron chi connectivity index (χ0n) is 22.9. The molecule has 5 aliphatic rings. The molecule has 36 heavy (non-hydrogen) atoms. The molecule has 0 aromatic carbocycles. The summed E-state index contributed by atoms with van der Waals surface area (Å²) >= 11 is 0. The van der Waals surface area contributed by atoms with E-state index in [1.54, 1.807) is 0 Å². The molecule has 0 saturated heterocycles. The van der Waals surface area contributed by atoms with E-state index in [0.29, 0.717) is 0 Å². The quantitative estimate of drug-likeness (QED) is 0.392. The van der Waals surface area contributed by atoms with Crippen molar-refractivity contribution < 1.29 is 0 Å². The second kappa shape index (κ2) is 9.24. The van der Waals surface area contributed by atoms with Gasteiger partial charge in [-0.2, -0.15) is 0 Å². The van der Waals surface area contributed by atoms with Crippen LogP contribution in [0.4, 0.5) is 0 Å². The van der Waals surface area contributed by atoms with Gasteiger partial charge in [-0.1, -0.05) is 27.7 Å². The first kappa shape index (κ1) is 24.3. The first-order chi connectivity index (χ1) is 17.3. The molecular formula is C32H36N4. The lowest BCUT2D eigenvalue weighted by Gasteiger charge is -2.04. The average molecular weight is 477 g/mol. The number of aliphatic imine (C=N–C) groups is 4. The van der Waals surface area contributed by atoms with Gasteiger partial charge in [-0.3, -0.25) is 0 Å². The van der Waals surface area contributed by atoms with Crippen molar-refractivity contribution in [3.05, 3.63) is 91.7 Å². The van der Waals surface area contributed by atoms with Gasteiger partial charge in [0.1, 0.15) is 0 Å². The molecule has 0 amide bonds. The molecule has 0 aromatic heterocycles. The molecule has 0 aliphatic carbocycles. The van der Waals surface area contributed by atoms with Gasteiger partial charge in [0.05, 0.1) is 45.6 Å². The van der Waals surface area contributed by atoms with E-state index in [1.807, 2.05) is 0 Å². The van der Waals surface area contributed by atoms with Gasteiger partial charge in [0, 0.05) is 0 Å². The maximum atomic E-state index is 5.12. The van der Waals surface area contributed by atoms with Crippen LogP contribution in [0.15, 0.2) is 112 Å². The Hall–Kier alpha value is -3.40. The van der Waals surface area contributed by atoms with Gasteiger partial charge in [0.15, 0.2) is 0 Å². The molecule has 184 valence electrons. The molecule has 4 heteroatoms. The molecule has 0 unspecified atom stereocenters. The maximum absolute atomic E-state index is 5.12. The summed E-state index contributed by atoms with van der Waals surface area (Å²) in [5.41, 5.74) is 18.2. The Morgan fingerprint density at radius 2 is 0.694 bits per heavy atom. The van der Waals surface area contributed by atoms with E-state index in [0.717, 1.165) is 71.3 Å². The highest BCUT2D eigenvalue weighted by molar-refractivity contribution is 6.20. The van der Waals surface area contributed by atoms with E-state index in [9.17, 15) is 0 Å². The van der Waals surface area contributed by atoms with Crippen molar-refractivity contribution in [3.8, 4) is 0 Å². The van der Waals surface area contributed by atoms with Crippen LogP contribution in [0.3, 0.4) is 0 Å². The van der Waals surface area contributed by atoms with Crippen LogP contribution in [0.2, 0.25) is 0 Å². The lowest BCUT2D eigenvalue weighted by molar-refractivity contribution is 1.09. The molecule has 0 radical (unpaired) electrons. The summed E-state index contributed by atoms with van der Waals surface area (Å²) in [5, 5.41) is 0. The van der Waals surface area contributed by atoms with E-state index in [1.165, 1.54) is 44.6 Å². The normalized spacial score (nSPS) is 21.6. The molecule has 0 N–H and O–H groups in total. The van der Waals surface area contributed by atoms with Crippen molar-refractivity contribution in [1.82, 2.24) is 0 Å². The van der Waals surface area contributed by atoms with Crippen molar-refractivity contribution >= 4 is 22.8 Å². The van der Waals surface area contributed by atoms with Crippen molar-refractivity contribution in [3.63, 3.8) is 0 Å². The fourth-order valence-corrected chi connectivity index (χ4v) is 5.85. The summed E-state index contributed by atoms with van der Waals surface area (Å²) in [7, 11) is 0. The van der Waals surface area contributed by atoms with Crippen LogP contribution in [-0.2, 0) is 0 Å². The number of nitrogens with zero attached hydrogens (tertiary/aromatic N) is 4. The molecule has 5 heterocycles. The molecule has 0 saturated carbocycles. The highest BCUT2D eigenvalue weighted by Crippen LogP contribution is 2.37. The zero-order chi connectivity index (χ0) is 25.7. The molecule has 0 spiro atoms. The smallest absolute Gasteiger partial charge is 0.0693 e. The van der Waals surface area contributed by atoms with Crippen LogP contribution in [0, 0.1) is 0 Å². The third-order valence-corrected chi connectivity index (χ3v) is 8.06. The van der Waals surface area contributed by atoms with E-state index >= 15 is 0 Å². The summed E-state index contributed by atoms with van der Waals surface area (Å²) in [6, 6.07) is 0. The topological polar surface area (TPSA) is 49.4 Å². The van der Waals surface area contributed by atoms with Crippen molar-refractivity contribution in [2.75, 3.05) is 0 Å². The second-order valence-electron chi connectivity index (χ2n) is 9.93. The van der Waals surface area contributed by atoms with Crippen LogP contribution >= 0.6 is 0 Å². The second-order valence-corrected chi connectivity index (χ2v) is 9.93. The molecule has 5 rings (SSSR count). The minimum Gasteiger partial charge on any atom is -0.248 e. The predicted octanol–water partition coefficient (Wildman–Crippen LogP) is 8.26. The van der Waals surface area contributed by atoms with Gasteiger partial charge in [0.25, 0.3) is 0 Å². The van der Waals surface area contributed by atoms with Crippen LogP contribution in [0.25, 0.3) is 0 Å². The summed E-state index contributed by atoms with van der Waals surface area (Å²) in [6.07, 6.45) is 12.5. The number of fused-ring (bicyclic) bond motifs is 4. The zero-order valence-corrected chi connectivity index (χ0v) is 22.9. The van der Waals surface area contributed by atoms with Gasteiger partial charge >= 0.3 is 0 Å². The van der Waals surface area contributed by atoms with Crippen LogP contribution < -0.4 is 0 Å². The number of rotatable bonds is 4. The number of hydrogen-bond donors (Lipinski definition) is 0. The summed E-state index contributed by atoms with van der Waals surface area (Å²) in [6.45, 7) is 17.6. The minimum absolute atomic E-state index is 0.934. The van der Waals surface area contributed by atoms with E-state index < -0.39 is 0 Å². The Balaban J connectivity index is 1.81. The third kappa shape index (κ3) is 3.75. The summed E-state index contributed by atoms with van der Waals surface area (Å²) in [4.78, 5) is 20.4. The molecule has 0 atom stereocenters. The largest absolute Gasteiger partial charge is 0.248 e. The summed E-state index contributed by atoms with van der Waals surface area (Å²) < 4.78 is 0. The van der Waals surface area contributed by atoms with E-state index in [-0.39, 0.29) is 0 Å². The monoisotopic (exact) mass is 476 g/mol. The molecule has 4 nitrogen and oxygen atoms in total. The van der Waals surface area contributed by atoms with Crippen LogP contribution in [0.1, 0.15) is 81.1 Å². The van der Waals surface area contributed by atoms with Gasteiger partial charge in [-0.25, -0.2) is 20.0 Å². The maximum Gasteiger partial charge on any atom is 0.0693 e. The Labute approximate surface area is 215 Å². The fraction of sp³-hybridized carbons (Fsp3) is 0.375. The van der Waals surface area contributed by atoms with E-state index in [2.05, 4.69) is 79.7 Å². The molecule has 0 fully saturated rings. The minimum atomic E-state index is 0.934. The fourth-order valence-electron chi connectivity index (χ4n) is 5.85. The van der Waals surface area contributed by atoms with Crippen LogP contribution in [-0.4, -0.2) is 22.8 Å². The lowest BCUT2D eigenvalue weighted by atomic mass is 9.97. The standard InChI is InChI=1S/C32H36N4/c1-9-21-17(5)25-13-26-18(6)22(10-2)30(34-26)15-28-20(8)24(12-4)32(36-28)16-31-23(11-3)19(7)27(35-31)14-29(21)33-25/h13-16H,9-12H2,1-8H3. The molecule has 5 aliphatic heterocycles. The van der Waals surface area contributed by atoms with Crippen molar-refractivity contribution in [1.29, 1.82) is 0 Å². The van der Waals surface area contributed by atoms with Crippen molar-refractivity contribution in [2.24, 2.45) is 20.0 Å². The summed E-state index contributed by atoms with van der Waals surface area (Å²) in [5.74, 6) is 0. The first-order valence-corrected chi connectivity index (χ1v) is 13.3. The Morgan fingerprint density at radius 1 is 0.389 bits per heavy atom. The van der Waals surface area contributed by atoms with Gasteiger partial charge in [-0.15, -0.1) is 0 Å². The number of allylic oxidation sites excluding steroid dienone is 12. The highest BCUT2D eigenvalue weighted by Gasteiger charge is 2.27. The van der Waals surface area contributed by atoms with Gasteiger partial charge < -0.3 is 0 Å². The van der Waals surface area contributed by atoms with Gasteiger partial charge in [0.2, 0.25) is 0 Å². The molecular weight excluding hydrogens is 440 g/mol. The van der Waals surface area contributed by atoms with Gasteiger partial charge in [-0.05, 0) is 122 Å². The first-order valence-electron chi connectivity index (χ1n) is 13.3. The Bertz CT molecular complexity index is 1460. The molecule has 8 bridgehead atoms. The number of hydrogen-bond acceptors (Lipinski definition) is 4. The predicted molar refractivity (Wildman–Crippen MR) is 154 cm³/mol. The SMILES string of the molecule is CCC1=C(C)C2=NC1=CC1=NC(=CC3=NC(=CC4=NC(=C2)C(C)=C4CC)C(C)=C3CC)C(CC)=C1C. The highest BCUT2D eigenvalue weighted by atomic mass is 14.9. The third-order valence-electron chi connectivity index (χ3n) is 8.06. The Kier molecular flexibility index (Phi) is 6.23.